The number of carbonyl (C=O) groups excluding carboxylic acids is 1. The molecular formula is C10H14F3NO3S. The van der Waals surface area contributed by atoms with Crippen molar-refractivity contribution in [1.82, 2.24) is 5.06 Å². The first-order valence-electron chi connectivity index (χ1n) is 5.73. The normalized spacial score (nSPS) is 23.6. The molecule has 0 spiro atoms. The van der Waals surface area contributed by atoms with Crippen molar-refractivity contribution < 1.29 is 27.4 Å². The van der Waals surface area contributed by atoms with Crippen LogP contribution in [0.1, 0.15) is 12.8 Å². The van der Waals surface area contributed by atoms with E-state index in [9.17, 15) is 22.5 Å². The lowest BCUT2D eigenvalue weighted by Gasteiger charge is -2.36. The van der Waals surface area contributed by atoms with Crippen LogP contribution in [0.5, 0.6) is 0 Å². The standard InChI is InChI=1S/C10H14F3NO3S/c11-10(12,13)9(15)17-14-3-8(4-14)6-18(16)5-7-1-2-7/h7-8H,1-6H2. The summed E-state index contributed by atoms with van der Waals surface area (Å²) in [5.74, 6) is -0.384. The topological polar surface area (TPSA) is 52.6 Å². The van der Waals surface area contributed by atoms with Gasteiger partial charge in [-0.1, -0.05) is 11.2 Å². The van der Waals surface area contributed by atoms with Gasteiger partial charge >= 0.3 is 12.1 Å². The summed E-state index contributed by atoms with van der Waals surface area (Å²) in [6.45, 7) is 0.469. The van der Waals surface area contributed by atoms with Crippen LogP contribution in [-0.2, 0) is 20.8 Å². The number of rotatable bonds is 5. The number of alkyl halides is 3. The smallest absolute Gasteiger partial charge is 0.492 e. The van der Waals surface area contributed by atoms with Crippen molar-refractivity contribution in [3.05, 3.63) is 0 Å². The van der Waals surface area contributed by atoms with Crippen molar-refractivity contribution in [3.63, 3.8) is 0 Å². The van der Waals surface area contributed by atoms with Gasteiger partial charge in [0.05, 0.1) is 0 Å². The Bertz CT molecular complexity index is 316. The molecule has 0 bridgehead atoms. The van der Waals surface area contributed by atoms with Gasteiger partial charge in [-0.2, -0.15) is 13.2 Å². The predicted octanol–water partition coefficient (Wildman–Crippen LogP) is 1.10. The number of carbonyl (C=O) groups is 1. The zero-order valence-electron chi connectivity index (χ0n) is 9.61. The number of hydrogen-bond acceptors (Lipinski definition) is 4. The summed E-state index contributed by atoms with van der Waals surface area (Å²) in [6.07, 6.45) is -2.70. The lowest BCUT2D eigenvalue weighted by molar-refractivity contribution is -0.257. The molecule has 0 aromatic rings. The Kier molecular flexibility index (Phi) is 4.08. The lowest BCUT2D eigenvalue weighted by atomic mass is 10.1. The fourth-order valence-electron chi connectivity index (χ4n) is 1.75. The van der Waals surface area contributed by atoms with Crippen LogP contribution in [0.2, 0.25) is 0 Å². The molecule has 18 heavy (non-hydrogen) atoms. The molecule has 1 unspecified atom stereocenters. The van der Waals surface area contributed by atoms with Crippen LogP contribution in [0.25, 0.3) is 0 Å². The van der Waals surface area contributed by atoms with Gasteiger partial charge in [-0.05, 0) is 12.8 Å². The second-order valence-electron chi connectivity index (χ2n) is 4.81. The van der Waals surface area contributed by atoms with Crippen LogP contribution in [-0.4, -0.2) is 46.4 Å². The highest BCUT2D eigenvalue weighted by molar-refractivity contribution is 7.91. The highest BCUT2D eigenvalue weighted by Gasteiger charge is 2.45. The van der Waals surface area contributed by atoms with Crippen molar-refractivity contribution in [2.75, 3.05) is 24.6 Å². The van der Waals surface area contributed by atoms with E-state index in [1.54, 1.807) is 0 Å². The first-order valence-corrected chi connectivity index (χ1v) is 7.22. The molecule has 1 aliphatic heterocycles. The maximum absolute atomic E-state index is 11.9. The fraction of sp³-hybridized carbons (Fsp3) is 0.900. The Morgan fingerprint density at radius 2 is 1.83 bits per heavy atom. The molecule has 4 nitrogen and oxygen atoms in total. The SMILES string of the molecule is O=C(ON1CC(C[S+]([O-])CC2CC2)C1)C(F)(F)F. The number of nitrogens with zero attached hydrogens (tertiary/aromatic N) is 1. The minimum absolute atomic E-state index is 0.0608. The molecule has 1 heterocycles. The van der Waals surface area contributed by atoms with Gasteiger partial charge in [0.15, 0.2) is 0 Å². The van der Waals surface area contributed by atoms with Gasteiger partial charge in [-0.3, -0.25) is 0 Å². The Hall–Kier alpha value is -0.470. The minimum atomic E-state index is -4.96. The lowest BCUT2D eigenvalue weighted by Crippen LogP contribution is -2.51. The van der Waals surface area contributed by atoms with Crippen LogP contribution in [0, 0.1) is 11.8 Å². The first kappa shape index (κ1) is 14.0. The number of halogens is 3. The van der Waals surface area contributed by atoms with E-state index < -0.39 is 23.3 Å². The molecule has 0 aromatic carbocycles. The molecule has 1 saturated heterocycles. The third kappa shape index (κ3) is 4.03. The summed E-state index contributed by atoms with van der Waals surface area (Å²) >= 11 is -0.900. The van der Waals surface area contributed by atoms with Gasteiger partial charge in [-0.25, -0.2) is 4.79 Å². The number of hydrogen-bond donors (Lipinski definition) is 0. The predicted molar refractivity (Wildman–Crippen MR) is 57.8 cm³/mol. The van der Waals surface area contributed by atoms with Crippen molar-refractivity contribution in [2.24, 2.45) is 11.8 Å². The maximum Gasteiger partial charge on any atom is 0.492 e. The maximum atomic E-state index is 11.9. The van der Waals surface area contributed by atoms with Gasteiger partial charge < -0.3 is 9.39 Å². The van der Waals surface area contributed by atoms with Crippen LogP contribution in [0.3, 0.4) is 0 Å². The molecular weight excluding hydrogens is 271 g/mol. The molecule has 2 rings (SSSR count). The van der Waals surface area contributed by atoms with Gasteiger partial charge in [-0.15, -0.1) is 5.06 Å². The summed E-state index contributed by atoms with van der Waals surface area (Å²) < 4.78 is 47.2. The zero-order valence-corrected chi connectivity index (χ0v) is 10.4. The third-order valence-corrected chi connectivity index (χ3v) is 4.59. The zero-order chi connectivity index (χ0) is 13.3. The minimum Gasteiger partial charge on any atom is -0.616 e. The van der Waals surface area contributed by atoms with E-state index in [-0.39, 0.29) is 19.0 Å². The molecule has 0 radical (unpaired) electrons. The average Bonchev–Trinajstić information content (AvgIpc) is 2.96. The van der Waals surface area contributed by atoms with Crippen LogP contribution >= 0.6 is 0 Å². The molecule has 8 heteroatoms. The van der Waals surface area contributed by atoms with Gasteiger partial charge in [0.25, 0.3) is 0 Å². The monoisotopic (exact) mass is 285 g/mol. The summed E-state index contributed by atoms with van der Waals surface area (Å²) in [4.78, 5) is 14.6. The molecule has 0 aromatic heterocycles. The molecule has 104 valence electrons. The molecule has 2 aliphatic rings. The summed E-state index contributed by atoms with van der Waals surface area (Å²) in [7, 11) is 0. The van der Waals surface area contributed by atoms with E-state index in [1.807, 2.05) is 0 Å². The van der Waals surface area contributed by atoms with Crippen LogP contribution in [0.4, 0.5) is 13.2 Å². The quantitative estimate of drug-likeness (QED) is 0.710. The van der Waals surface area contributed by atoms with E-state index in [2.05, 4.69) is 4.84 Å². The average molecular weight is 285 g/mol. The van der Waals surface area contributed by atoms with Gasteiger partial charge in [0.1, 0.15) is 11.5 Å². The van der Waals surface area contributed by atoms with Crippen molar-refractivity contribution in [2.45, 2.75) is 19.0 Å². The van der Waals surface area contributed by atoms with E-state index in [4.69, 9.17) is 0 Å². The molecule has 0 amide bonds. The fourth-order valence-corrected chi connectivity index (χ4v) is 3.48. The van der Waals surface area contributed by atoms with E-state index in [0.29, 0.717) is 17.4 Å². The highest BCUT2D eigenvalue weighted by atomic mass is 32.2. The molecule has 1 atom stereocenters. The van der Waals surface area contributed by atoms with E-state index >= 15 is 0 Å². The molecule has 0 N–H and O–H groups in total. The van der Waals surface area contributed by atoms with Crippen molar-refractivity contribution >= 4 is 17.1 Å². The second kappa shape index (κ2) is 5.26. The summed E-state index contributed by atoms with van der Waals surface area (Å²) in [6, 6.07) is 0. The van der Waals surface area contributed by atoms with Crippen LogP contribution < -0.4 is 0 Å². The van der Waals surface area contributed by atoms with Crippen LogP contribution in [0.15, 0.2) is 0 Å². The molecule has 2 fully saturated rings. The summed E-state index contributed by atoms with van der Waals surface area (Å²) in [5, 5.41) is 0.967. The molecule has 1 aliphatic carbocycles. The van der Waals surface area contributed by atoms with E-state index in [1.165, 1.54) is 0 Å². The third-order valence-electron chi connectivity index (χ3n) is 2.91. The number of hydroxylamine groups is 2. The highest BCUT2D eigenvalue weighted by Crippen LogP contribution is 2.31. The summed E-state index contributed by atoms with van der Waals surface area (Å²) in [5.41, 5.74) is 0. The first-order chi connectivity index (χ1) is 8.34. The van der Waals surface area contributed by atoms with Gasteiger partial charge in [0.2, 0.25) is 0 Å². The van der Waals surface area contributed by atoms with Crippen molar-refractivity contribution in [1.29, 1.82) is 0 Å². The Labute approximate surface area is 106 Å². The molecule has 1 saturated carbocycles. The van der Waals surface area contributed by atoms with Crippen molar-refractivity contribution in [3.8, 4) is 0 Å². The Balaban J connectivity index is 1.60. The Morgan fingerprint density at radius 3 is 2.33 bits per heavy atom. The van der Waals surface area contributed by atoms with E-state index in [0.717, 1.165) is 17.9 Å². The second-order valence-corrected chi connectivity index (χ2v) is 6.35. The van der Waals surface area contributed by atoms with Gasteiger partial charge in [0, 0.05) is 24.9 Å². The largest absolute Gasteiger partial charge is 0.616 e. The Morgan fingerprint density at radius 1 is 1.28 bits per heavy atom.